The molecule has 0 fully saturated rings. The second-order valence-corrected chi connectivity index (χ2v) is 3.68. The van der Waals surface area contributed by atoms with Crippen LogP contribution in [0.5, 0.6) is 5.75 Å². The van der Waals surface area contributed by atoms with Gasteiger partial charge >= 0.3 is 6.36 Å². The van der Waals surface area contributed by atoms with Crippen LogP contribution in [0.3, 0.4) is 0 Å². The molecule has 19 heavy (non-hydrogen) atoms. The third-order valence-electron chi connectivity index (χ3n) is 2.32. The Morgan fingerprint density at radius 1 is 0.789 bits per heavy atom. The van der Waals surface area contributed by atoms with Crippen LogP contribution in [0.4, 0.5) is 22.0 Å². The number of rotatable bonds is 2. The van der Waals surface area contributed by atoms with Crippen molar-refractivity contribution in [3.05, 3.63) is 54.1 Å². The number of benzene rings is 2. The molecule has 2 aromatic carbocycles. The summed E-state index contributed by atoms with van der Waals surface area (Å²) in [6.45, 7) is 0. The first-order valence-corrected chi connectivity index (χ1v) is 5.17. The molecule has 6 heteroatoms. The van der Waals surface area contributed by atoms with Gasteiger partial charge in [-0.2, -0.15) is 0 Å². The van der Waals surface area contributed by atoms with Crippen LogP contribution in [0.25, 0.3) is 11.1 Å². The SMILES string of the molecule is Fc1cc(-c2ccccc2)cc(F)c1OC(F)(F)F. The first-order valence-electron chi connectivity index (χ1n) is 5.17. The van der Waals surface area contributed by atoms with E-state index in [2.05, 4.69) is 4.74 Å². The zero-order valence-electron chi connectivity index (χ0n) is 9.34. The summed E-state index contributed by atoms with van der Waals surface area (Å²) in [5, 5.41) is 0. The lowest BCUT2D eigenvalue weighted by molar-refractivity contribution is -0.276. The molecule has 0 aliphatic heterocycles. The van der Waals surface area contributed by atoms with Gasteiger partial charge in [-0.3, -0.25) is 0 Å². The van der Waals surface area contributed by atoms with Crippen LogP contribution in [0.2, 0.25) is 0 Å². The molecule has 0 aliphatic carbocycles. The number of alkyl halides is 3. The maximum atomic E-state index is 13.5. The Kier molecular flexibility index (Phi) is 3.42. The minimum Gasteiger partial charge on any atom is -0.399 e. The standard InChI is InChI=1S/C13H7F5O/c14-10-6-9(8-4-2-1-3-5-8)7-11(15)12(10)19-13(16,17)18/h1-7H. The molecule has 0 spiro atoms. The lowest BCUT2D eigenvalue weighted by atomic mass is 10.1. The van der Waals surface area contributed by atoms with Gasteiger partial charge in [0.2, 0.25) is 5.75 Å². The summed E-state index contributed by atoms with van der Waals surface area (Å²) in [7, 11) is 0. The van der Waals surface area contributed by atoms with Gasteiger partial charge in [-0.1, -0.05) is 30.3 Å². The maximum absolute atomic E-state index is 13.5. The molecular formula is C13H7F5O. The van der Waals surface area contributed by atoms with Crippen molar-refractivity contribution in [1.82, 2.24) is 0 Å². The van der Waals surface area contributed by atoms with E-state index in [9.17, 15) is 22.0 Å². The number of ether oxygens (including phenoxy) is 1. The van der Waals surface area contributed by atoms with Crippen molar-refractivity contribution in [2.45, 2.75) is 6.36 Å². The first kappa shape index (κ1) is 13.3. The number of hydrogen-bond donors (Lipinski definition) is 0. The minimum atomic E-state index is -5.14. The van der Waals surface area contributed by atoms with Gasteiger partial charge in [-0.05, 0) is 23.3 Å². The molecule has 0 radical (unpaired) electrons. The highest BCUT2D eigenvalue weighted by atomic mass is 19.4. The average Bonchev–Trinajstić information content (AvgIpc) is 2.33. The van der Waals surface area contributed by atoms with Crippen molar-refractivity contribution < 1.29 is 26.7 Å². The molecule has 0 unspecified atom stereocenters. The fourth-order valence-electron chi connectivity index (χ4n) is 1.57. The van der Waals surface area contributed by atoms with Gasteiger partial charge in [0, 0.05) is 0 Å². The van der Waals surface area contributed by atoms with Crippen molar-refractivity contribution in [3.8, 4) is 16.9 Å². The Labute approximate surface area is 105 Å². The molecule has 0 saturated heterocycles. The Balaban J connectivity index is 2.43. The van der Waals surface area contributed by atoms with Crippen LogP contribution in [-0.2, 0) is 0 Å². The zero-order valence-corrected chi connectivity index (χ0v) is 9.34. The van der Waals surface area contributed by atoms with E-state index in [-0.39, 0.29) is 5.56 Å². The fourth-order valence-corrected chi connectivity index (χ4v) is 1.57. The van der Waals surface area contributed by atoms with E-state index in [0.717, 1.165) is 12.1 Å². The molecule has 0 aliphatic rings. The topological polar surface area (TPSA) is 9.23 Å². The van der Waals surface area contributed by atoms with E-state index in [0.29, 0.717) is 5.56 Å². The van der Waals surface area contributed by atoms with Gasteiger partial charge < -0.3 is 4.74 Å². The van der Waals surface area contributed by atoms with Crippen molar-refractivity contribution >= 4 is 0 Å². The van der Waals surface area contributed by atoms with Gasteiger partial charge in [0.15, 0.2) is 11.6 Å². The highest BCUT2D eigenvalue weighted by molar-refractivity contribution is 5.64. The predicted octanol–water partition coefficient (Wildman–Crippen LogP) is 4.53. The van der Waals surface area contributed by atoms with Gasteiger partial charge in [-0.25, -0.2) is 8.78 Å². The van der Waals surface area contributed by atoms with E-state index in [1.54, 1.807) is 30.3 Å². The number of hydrogen-bond acceptors (Lipinski definition) is 1. The molecule has 100 valence electrons. The lowest BCUT2D eigenvalue weighted by Gasteiger charge is -2.11. The minimum absolute atomic E-state index is 0.130. The summed E-state index contributed by atoms with van der Waals surface area (Å²) in [4.78, 5) is 0. The van der Waals surface area contributed by atoms with Crippen LogP contribution in [0.1, 0.15) is 0 Å². The van der Waals surface area contributed by atoms with Gasteiger partial charge in [0.25, 0.3) is 0 Å². The van der Waals surface area contributed by atoms with E-state index < -0.39 is 23.7 Å². The monoisotopic (exact) mass is 274 g/mol. The molecule has 0 bridgehead atoms. The normalized spacial score (nSPS) is 11.4. The van der Waals surface area contributed by atoms with E-state index >= 15 is 0 Å². The van der Waals surface area contributed by atoms with Crippen molar-refractivity contribution in [2.75, 3.05) is 0 Å². The summed E-state index contributed by atoms with van der Waals surface area (Å²) < 4.78 is 66.1. The average molecular weight is 274 g/mol. The lowest BCUT2D eigenvalue weighted by Crippen LogP contribution is -2.19. The van der Waals surface area contributed by atoms with Crippen molar-refractivity contribution in [3.63, 3.8) is 0 Å². The first-order chi connectivity index (χ1) is 8.87. The fraction of sp³-hybridized carbons (Fsp3) is 0.0769. The molecule has 0 N–H and O–H groups in total. The van der Waals surface area contributed by atoms with Crippen LogP contribution in [0, 0.1) is 11.6 Å². The predicted molar refractivity (Wildman–Crippen MR) is 58.5 cm³/mol. The third-order valence-corrected chi connectivity index (χ3v) is 2.32. The highest BCUT2D eigenvalue weighted by Gasteiger charge is 2.34. The summed E-state index contributed by atoms with van der Waals surface area (Å²) >= 11 is 0. The molecule has 0 saturated carbocycles. The van der Waals surface area contributed by atoms with E-state index in [1.807, 2.05) is 0 Å². The highest BCUT2D eigenvalue weighted by Crippen LogP contribution is 2.32. The molecule has 0 heterocycles. The largest absolute Gasteiger partial charge is 0.573 e. The third kappa shape index (κ3) is 3.21. The maximum Gasteiger partial charge on any atom is 0.573 e. The molecule has 2 aromatic rings. The summed E-state index contributed by atoms with van der Waals surface area (Å²) in [5.74, 6) is -4.26. The van der Waals surface area contributed by atoms with Gasteiger partial charge in [0.05, 0.1) is 0 Å². The Hall–Kier alpha value is -2.11. The second-order valence-electron chi connectivity index (χ2n) is 3.68. The van der Waals surface area contributed by atoms with Crippen LogP contribution in [0.15, 0.2) is 42.5 Å². The van der Waals surface area contributed by atoms with Crippen molar-refractivity contribution in [1.29, 1.82) is 0 Å². The molecule has 0 aromatic heterocycles. The Morgan fingerprint density at radius 2 is 1.32 bits per heavy atom. The Morgan fingerprint density at radius 3 is 1.79 bits per heavy atom. The van der Waals surface area contributed by atoms with Gasteiger partial charge in [-0.15, -0.1) is 13.2 Å². The Bertz CT molecular complexity index is 554. The van der Waals surface area contributed by atoms with Crippen LogP contribution in [-0.4, -0.2) is 6.36 Å². The number of halogens is 5. The molecular weight excluding hydrogens is 267 g/mol. The molecule has 0 amide bonds. The summed E-state index contributed by atoms with van der Waals surface area (Å²) in [6.07, 6.45) is -5.14. The second kappa shape index (κ2) is 4.87. The van der Waals surface area contributed by atoms with Gasteiger partial charge in [0.1, 0.15) is 0 Å². The quantitative estimate of drug-likeness (QED) is 0.731. The van der Waals surface area contributed by atoms with E-state index in [4.69, 9.17) is 0 Å². The zero-order chi connectivity index (χ0) is 14.0. The van der Waals surface area contributed by atoms with E-state index in [1.165, 1.54) is 0 Å². The summed E-state index contributed by atoms with van der Waals surface area (Å²) in [5.41, 5.74) is 0.615. The molecule has 0 atom stereocenters. The van der Waals surface area contributed by atoms with Crippen LogP contribution >= 0.6 is 0 Å². The smallest absolute Gasteiger partial charge is 0.399 e. The van der Waals surface area contributed by atoms with Crippen LogP contribution < -0.4 is 4.74 Å². The molecule has 1 nitrogen and oxygen atoms in total. The summed E-state index contributed by atoms with van der Waals surface area (Å²) in [6, 6.07) is 9.74. The van der Waals surface area contributed by atoms with Crippen molar-refractivity contribution in [2.24, 2.45) is 0 Å². The molecule has 2 rings (SSSR count).